The average Bonchev–Trinajstić information content (AvgIpc) is 3.89. The summed E-state index contributed by atoms with van der Waals surface area (Å²) in [6.07, 6.45) is 0. The van der Waals surface area contributed by atoms with Crippen molar-refractivity contribution >= 4 is 72.4 Å². The van der Waals surface area contributed by atoms with E-state index in [0.29, 0.717) is 0 Å². The molecule has 0 atom stereocenters. The Hall–Kier alpha value is -7.98. The average molecular weight is 819 g/mol. The van der Waals surface area contributed by atoms with Gasteiger partial charge in [-0.25, -0.2) is 0 Å². The van der Waals surface area contributed by atoms with Crippen LogP contribution >= 0.6 is 0 Å². The summed E-state index contributed by atoms with van der Waals surface area (Å²) in [6.45, 7) is 0. The van der Waals surface area contributed by atoms with Crippen LogP contribution in [0.15, 0.2) is 255 Å². The quantitative estimate of drug-likeness (QED) is 0.107. The van der Waals surface area contributed by atoms with Gasteiger partial charge in [0.05, 0.1) is 27.8 Å². The van der Waals surface area contributed by atoms with Gasteiger partial charge in [0.2, 0.25) is 0 Å². The van der Waals surface area contributed by atoms with Crippen LogP contribution in [0.1, 0.15) is 0 Å². The van der Waals surface area contributed by atoms with E-state index >= 15 is 0 Å². The molecule has 2 nitrogen and oxygen atoms in total. The van der Waals surface area contributed by atoms with Crippen LogP contribution in [0.4, 0.5) is 0 Å². The maximum Gasteiger partial charge on any atom is 0.180 e. The third-order valence-corrected chi connectivity index (χ3v) is 17.9. The van der Waals surface area contributed by atoms with Crippen LogP contribution in [0.2, 0.25) is 0 Å². The van der Waals surface area contributed by atoms with Crippen LogP contribution < -0.4 is 20.7 Å². The highest BCUT2D eigenvalue weighted by Gasteiger charge is 2.43. The minimum Gasteiger partial charge on any atom is -0.309 e. The molecule has 12 rings (SSSR count). The molecule has 0 radical (unpaired) electrons. The number of hydrogen-bond acceptors (Lipinski definition) is 0. The van der Waals surface area contributed by atoms with Crippen molar-refractivity contribution in [1.29, 1.82) is 0 Å². The number of hydrogen-bond donors (Lipinski definition) is 0. The van der Waals surface area contributed by atoms with E-state index in [4.69, 9.17) is 0 Å². The second-order valence-electron chi connectivity index (χ2n) is 16.4. The molecule has 0 saturated carbocycles. The Balaban J connectivity index is 1.09. The van der Waals surface area contributed by atoms with E-state index in [1.165, 1.54) is 92.3 Å². The van der Waals surface area contributed by atoms with E-state index in [-0.39, 0.29) is 0 Å². The van der Waals surface area contributed by atoms with Gasteiger partial charge < -0.3 is 9.13 Å². The Morgan fingerprint density at radius 1 is 0.270 bits per heavy atom. The maximum absolute atomic E-state index is 2.87. The van der Waals surface area contributed by atoms with Crippen molar-refractivity contribution in [3.8, 4) is 33.6 Å². The molecule has 0 aliphatic rings. The lowest BCUT2D eigenvalue weighted by atomic mass is 9.99. The molecular weight excluding hydrogens is 777 g/mol. The predicted molar refractivity (Wildman–Crippen MR) is 270 cm³/mol. The molecule has 2 heterocycles. The van der Waals surface area contributed by atoms with Gasteiger partial charge in [0.15, 0.2) is 8.07 Å². The summed E-state index contributed by atoms with van der Waals surface area (Å²) in [7, 11) is -2.87. The molecule has 0 saturated heterocycles. The number of rotatable bonds is 8. The Morgan fingerprint density at radius 2 is 0.683 bits per heavy atom. The first-order valence-electron chi connectivity index (χ1n) is 21.8. The van der Waals surface area contributed by atoms with Crippen molar-refractivity contribution < 1.29 is 0 Å². The molecule has 0 N–H and O–H groups in total. The zero-order valence-corrected chi connectivity index (χ0v) is 35.6. The number of nitrogens with zero attached hydrogens (tertiary/aromatic N) is 2. The number of aromatic nitrogens is 2. The van der Waals surface area contributed by atoms with Gasteiger partial charge >= 0.3 is 0 Å². The fraction of sp³-hybridized carbons (Fsp3) is 0. The van der Waals surface area contributed by atoms with Gasteiger partial charge in [-0.2, -0.15) is 0 Å². The second kappa shape index (κ2) is 15.2. The molecule has 3 heteroatoms. The van der Waals surface area contributed by atoms with E-state index < -0.39 is 8.07 Å². The molecule has 0 aliphatic heterocycles. The summed E-state index contributed by atoms with van der Waals surface area (Å²) in [5, 5.41) is 10.5. The Morgan fingerprint density at radius 3 is 1.27 bits per heavy atom. The van der Waals surface area contributed by atoms with Crippen LogP contribution in [-0.4, -0.2) is 17.2 Å². The molecular formula is C60H42N2Si. The number of fused-ring (bicyclic) bond motifs is 6. The largest absolute Gasteiger partial charge is 0.309 e. The van der Waals surface area contributed by atoms with E-state index in [9.17, 15) is 0 Å². The summed E-state index contributed by atoms with van der Waals surface area (Å²) in [4.78, 5) is 0. The first kappa shape index (κ1) is 36.8. The first-order valence-corrected chi connectivity index (χ1v) is 23.8. The van der Waals surface area contributed by atoms with Gasteiger partial charge in [-0.05, 0) is 91.5 Å². The molecule has 0 aliphatic carbocycles. The van der Waals surface area contributed by atoms with E-state index in [1.807, 2.05) is 0 Å². The van der Waals surface area contributed by atoms with Gasteiger partial charge in [0.1, 0.15) is 0 Å². The third-order valence-electron chi connectivity index (χ3n) is 13.1. The highest BCUT2D eigenvalue weighted by atomic mass is 28.3. The SMILES string of the molecule is c1ccc(-c2cccc(-c3ccc(-n4c5ccccc5c5c(-n6c7ccccc7c7c([Si](c8ccccc8)(c8ccccc8)c8ccccc8)cccc76)cccc54)cc3)c2)cc1. The van der Waals surface area contributed by atoms with Gasteiger partial charge in [-0.1, -0.05) is 206 Å². The Labute approximate surface area is 368 Å². The third kappa shape index (κ3) is 5.85. The monoisotopic (exact) mass is 818 g/mol. The Bertz CT molecular complexity index is 3490. The fourth-order valence-electron chi connectivity index (χ4n) is 10.4. The molecule has 0 amide bonds. The predicted octanol–water partition coefficient (Wildman–Crippen LogP) is 12.6. The van der Waals surface area contributed by atoms with Crippen LogP contribution in [0.25, 0.3) is 77.2 Å². The van der Waals surface area contributed by atoms with Crippen molar-refractivity contribution in [2.24, 2.45) is 0 Å². The highest BCUT2D eigenvalue weighted by Crippen LogP contribution is 2.40. The highest BCUT2D eigenvalue weighted by molar-refractivity contribution is 7.20. The topological polar surface area (TPSA) is 9.86 Å². The minimum absolute atomic E-state index is 1.13. The lowest BCUT2D eigenvalue weighted by molar-refractivity contribution is 1.17. The summed E-state index contributed by atoms with van der Waals surface area (Å²) in [6, 6.07) is 94.1. The number of para-hydroxylation sites is 2. The number of benzene rings is 10. The van der Waals surface area contributed by atoms with E-state index in [1.54, 1.807) is 0 Å². The molecule has 63 heavy (non-hydrogen) atoms. The van der Waals surface area contributed by atoms with Crippen molar-refractivity contribution in [2.75, 3.05) is 0 Å². The van der Waals surface area contributed by atoms with Crippen LogP contribution in [0, 0.1) is 0 Å². The summed E-state index contributed by atoms with van der Waals surface area (Å²) >= 11 is 0. The summed E-state index contributed by atoms with van der Waals surface area (Å²) in [5.41, 5.74) is 11.9. The van der Waals surface area contributed by atoms with Crippen molar-refractivity contribution in [2.45, 2.75) is 0 Å². The molecule has 10 aromatic carbocycles. The maximum atomic E-state index is 2.54. The van der Waals surface area contributed by atoms with E-state index in [0.717, 1.165) is 5.69 Å². The van der Waals surface area contributed by atoms with Gasteiger partial charge in [0, 0.05) is 27.2 Å². The summed E-state index contributed by atoms with van der Waals surface area (Å²) in [5.74, 6) is 0. The van der Waals surface area contributed by atoms with Gasteiger partial charge in [-0.15, -0.1) is 0 Å². The standard InChI is InChI=1S/C60H42N2Si/c1-5-20-43(21-6-1)45-22-17-23-46(42-45)44-38-40-47(41-39-44)61-53-32-15-13-30-51(53)59-55(61)34-18-35-56(59)62-54-33-16-14-31-52(54)60-57(62)36-19-37-58(60)63(48-24-7-2-8-25-48,49-26-9-3-10-27-49)50-28-11-4-12-29-50/h1-42H. The minimum atomic E-state index is -2.87. The second-order valence-corrected chi connectivity index (χ2v) is 20.2. The molecule has 0 unspecified atom stereocenters. The lowest BCUT2D eigenvalue weighted by Crippen LogP contribution is -2.74. The zero-order valence-electron chi connectivity index (χ0n) is 34.6. The molecule has 12 aromatic rings. The summed E-state index contributed by atoms with van der Waals surface area (Å²) < 4.78 is 4.98. The van der Waals surface area contributed by atoms with Crippen LogP contribution in [0.5, 0.6) is 0 Å². The normalized spacial score (nSPS) is 11.8. The van der Waals surface area contributed by atoms with Crippen LogP contribution in [0.3, 0.4) is 0 Å². The van der Waals surface area contributed by atoms with Crippen LogP contribution in [-0.2, 0) is 0 Å². The van der Waals surface area contributed by atoms with Gasteiger partial charge in [-0.3, -0.25) is 0 Å². The van der Waals surface area contributed by atoms with Crippen molar-refractivity contribution in [3.05, 3.63) is 255 Å². The smallest absolute Gasteiger partial charge is 0.180 e. The van der Waals surface area contributed by atoms with Gasteiger partial charge in [0.25, 0.3) is 0 Å². The zero-order chi connectivity index (χ0) is 41.7. The lowest BCUT2D eigenvalue weighted by Gasteiger charge is -2.35. The molecule has 296 valence electrons. The molecule has 0 spiro atoms. The molecule has 0 bridgehead atoms. The van der Waals surface area contributed by atoms with Crippen molar-refractivity contribution in [1.82, 2.24) is 9.13 Å². The van der Waals surface area contributed by atoms with E-state index in [2.05, 4.69) is 264 Å². The fourth-order valence-corrected chi connectivity index (χ4v) is 15.4. The molecule has 0 fully saturated rings. The first-order chi connectivity index (χ1) is 31.3. The van der Waals surface area contributed by atoms with Crippen molar-refractivity contribution in [3.63, 3.8) is 0 Å². The molecule has 2 aromatic heterocycles. The Kier molecular flexibility index (Phi) is 8.87.